The Morgan fingerprint density at radius 3 is 2.82 bits per heavy atom. The first-order chi connectivity index (χ1) is 13.4. The Balaban J connectivity index is 1.45. The molecule has 1 atom stereocenters. The van der Waals surface area contributed by atoms with Gasteiger partial charge in [-0.1, -0.05) is 23.4 Å². The van der Waals surface area contributed by atoms with Gasteiger partial charge in [-0.05, 0) is 19.9 Å². The van der Waals surface area contributed by atoms with Gasteiger partial charge in [0.25, 0.3) is 0 Å². The van der Waals surface area contributed by atoms with Gasteiger partial charge in [-0.15, -0.1) is 11.8 Å². The second-order valence-electron chi connectivity index (χ2n) is 6.11. The van der Waals surface area contributed by atoms with Gasteiger partial charge in [-0.25, -0.2) is 0 Å². The summed E-state index contributed by atoms with van der Waals surface area (Å²) in [6, 6.07) is 9.00. The Morgan fingerprint density at radius 2 is 2.07 bits per heavy atom. The molecule has 0 saturated heterocycles. The van der Waals surface area contributed by atoms with Gasteiger partial charge in [0.05, 0.1) is 11.5 Å². The number of carbonyl (C=O) groups excluding carboxylic acids is 3. The van der Waals surface area contributed by atoms with Gasteiger partial charge < -0.3 is 19.6 Å². The number of hydrogen-bond donors (Lipinski definition) is 2. The zero-order chi connectivity index (χ0) is 20.1. The summed E-state index contributed by atoms with van der Waals surface area (Å²) in [5.41, 5.74) is 1.32. The molecule has 0 aliphatic heterocycles. The number of Topliss-reactive ketones (excluding diaryl/α,β-unsaturated/α-hetero) is 1. The van der Waals surface area contributed by atoms with E-state index in [1.54, 1.807) is 19.2 Å². The predicted molar refractivity (Wildman–Crippen MR) is 105 cm³/mol. The van der Waals surface area contributed by atoms with Crippen LogP contribution in [0.4, 0.5) is 5.82 Å². The molecule has 0 fully saturated rings. The van der Waals surface area contributed by atoms with Gasteiger partial charge in [0.2, 0.25) is 11.7 Å². The fourth-order valence-electron chi connectivity index (χ4n) is 2.61. The normalized spacial score (nSPS) is 11.9. The van der Waals surface area contributed by atoms with Crippen molar-refractivity contribution in [2.45, 2.75) is 20.0 Å². The maximum Gasteiger partial charge on any atom is 0.316 e. The molecule has 146 valence electrons. The summed E-state index contributed by atoms with van der Waals surface area (Å²) in [6.07, 6.45) is 0.696. The Kier molecular flexibility index (Phi) is 6.15. The summed E-state index contributed by atoms with van der Waals surface area (Å²) in [7, 11) is 0. The number of nitrogens with zero attached hydrogens (tertiary/aromatic N) is 1. The van der Waals surface area contributed by atoms with E-state index in [2.05, 4.69) is 15.5 Å². The summed E-state index contributed by atoms with van der Waals surface area (Å²) < 4.78 is 10.1. The predicted octanol–water partition coefficient (Wildman–Crippen LogP) is 2.95. The number of carbonyl (C=O) groups is 3. The lowest BCUT2D eigenvalue weighted by Gasteiger charge is -2.11. The summed E-state index contributed by atoms with van der Waals surface area (Å²) in [5, 5.41) is 6.99. The number of esters is 1. The van der Waals surface area contributed by atoms with Crippen molar-refractivity contribution in [2.75, 3.05) is 16.8 Å². The van der Waals surface area contributed by atoms with Crippen LogP contribution in [0.1, 0.15) is 23.0 Å². The Bertz CT molecular complexity index is 1010. The largest absolute Gasteiger partial charge is 0.454 e. The van der Waals surface area contributed by atoms with Crippen LogP contribution in [0.25, 0.3) is 10.9 Å². The van der Waals surface area contributed by atoms with E-state index in [1.165, 1.54) is 6.92 Å². The van der Waals surface area contributed by atoms with Crippen LogP contribution in [0.2, 0.25) is 0 Å². The van der Waals surface area contributed by atoms with Crippen LogP contribution in [0.15, 0.2) is 41.1 Å². The molecular weight excluding hydrogens is 382 g/mol. The molecule has 2 N–H and O–H groups in total. The Labute approximate surface area is 165 Å². The van der Waals surface area contributed by atoms with E-state index >= 15 is 0 Å². The standard InChI is InChI=1S/C19H19N3O5S/c1-11-7-16(22-27-11)21-17(23)9-28-10-18(24)26-12(2)19(25)14-8-20-15-6-4-3-5-13(14)15/h3-8,12,20H,9-10H2,1-2H3,(H,21,22,23)/t12-/m1/s1. The zero-order valence-corrected chi connectivity index (χ0v) is 16.2. The monoisotopic (exact) mass is 401 g/mol. The number of fused-ring (bicyclic) bond motifs is 1. The molecule has 9 heteroatoms. The van der Waals surface area contributed by atoms with Crippen LogP contribution in [0, 0.1) is 6.92 Å². The second-order valence-corrected chi connectivity index (χ2v) is 7.09. The van der Waals surface area contributed by atoms with Crippen molar-refractivity contribution in [3.63, 3.8) is 0 Å². The number of aromatic amines is 1. The van der Waals surface area contributed by atoms with Crippen LogP contribution in [-0.4, -0.2) is 45.4 Å². The number of nitrogens with one attached hydrogen (secondary N) is 2. The summed E-state index contributed by atoms with van der Waals surface area (Å²) in [6.45, 7) is 3.25. The first-order valence-corrected chi connectivity index (χ1v) is 9.70. The molecule has 0 aliphatic carbocycles. The van der Waals surface area contributed by atoms with E-state index in [-0.39, 0.29) is 23.2 Å². The van der Waals surface area contributed by atoms with Crippen molar-refractivity contribution in [2.24, 2.45) is 0 Å². The molecule has 1 aromatic carbocycles. The number of amides is 1. The molecule has 2 heterocycles. The second kappa shape index (κ2) is 8.75. The van der Waals surface area contributed by atoms with Crippen molar-refractivity contribution in [1.29, 1.82) is 0 Å². The topological polar surface area (TPSA) is 114 Å². The molecule has 0 bridgehead atoms. The fraction of sp³-hybridized carbons (Fsp3) is 0.263. The van der Waals surface area contributed by atoms with Crippen LogP contribution in [0.5, 0.6) is 0 Å². The van der Waals surface area contributed by atoms with Crippen molar-refractivity contribution in [1.82, 2.24) is 10.1 Å². The molecule has 2 aromatic heterocycles. The minimum atomic E-state index is -0.917. The SMILES string of the molecule is Cc1cc(NC(=O)CSCC(=O)O[C@H](C)C(=O)c2c[nH]c3ccccc23)no1. The number of aryl methyl sites for hydroxylation is 1. The third-order valence-electron chi connectivity index (χ3n) is 3.88. The minimum Gasteiger partial charge on any atom is -0.454 e. The van der Waals surface area contributed by atoms with E-state index < -0.39 is 12.1 Å². The minimum absolute atomic E-state index is 0.0449. The number of thioether (sulfide) groups is 1. The highest BCUT2D eigenvalue weighted by Crippen LogP contribution is 2.20. The van der Waals surface area contributed by atoms with Crippen molar-refractivity contribution < 1.29 is 23.6 Å². The van der Waals surface area contributed by atoms with Crippen molar-refractivity contribution in [3.05, 3.63) is 47.9 Å². The van der Waals surface area contributed by atoms with E-state index in [4.69, 9.17) is 9.26 Å². The molecule has 0 saturated carbocycles. The van der Waals surface area contributed by atoms with Gasteiger partial charge in [0.15, 0.2) is 11.9 Å². The number of hydrogen-bond acceptors (Lipinski definition) is 7. The summed E-state index contributed by atoms with van der Waals surface area (Å²) in [5.74, 6) is -0.244. The molecule has 1 amide bonds. The lowest BCUT2D eigenvalue weighted by Crippen LogP contribution is -2.25. The number of aromatic nitrogens is 2. The molecule has 3 rings (SSSR count). The first-order valence-electron chi connectivity index (χ1n) is 8.55. The number of benzene rings is 1. The number of rotatable bonds is 8. The molecule has 0 spiro atoms. The third-order valence-corrected chi connectivity index (χ3v) is 4.79. The molecule has 0 unspecified atom stereocenters. The highest BCUT2D eigenvalue weighted by molar-refractivity contribution is 8.00. The maximum absolute atomic E-state index is 12.6. The number of ketones is 1. The van der Waals surface area contributed by atoms with Gasteiger partial charge >= 0.3 is 5.97 Å². The van der Waals surface area contributed by atoms with Crippen LogP contribution >= 0.6 is 11.8 Å². The molecule has 8 nitrogen and oxygen atoms in total. The highest BCUT2D eigenvalue weighted by Gasteiger charge is 2.22. The van der Waals surface area contributed by atoms with Crippen LogP contribution in [-0.2, 0) is 14.3 Å². The van der Waals surface area contributed by atoms with Gasteiger partial charge in [0.1, 0.15) is 5.76 Å². The van der Waals surface area contributed by atoms with E-state index in [0.29, 0.717) is 17.1 Å². The average molecular weight is 401 g/mol. The van der Waals surface area contributed by atoms with Crippen molar-refractivity contribution in [3.8, 4) is 0 Å². The van der Waals surface area contributed by atoms with Crippen LogP contribution < -0.4 is 5.32 Å². The molecule has 3 aromatic rings. The smallest absolute Gasteiger partial charge is 0.316 e. The summed E-state index contributed by atoms with van der Waals surface area (Å²) in [4.78, 5) is 39.3. The molecule has 28 heavy (non-hydrogen) atoms. The van der Waals surface area contributed by atoms with Gasteiger partial charge in [-0.3, -0.25) is 14.4 Å². The lowest BCUT2D eigenvalue weighted by molar-refractivity contribution is -0.143. The highest BCUT2D eigenvalue weighted by atomic mass is 32.2. The summed E-state index contributed by atoms with van der Waals surface area (Å²) >= 11 is 1.09. The Morgan fingerprint density at radius 1 is 1.29 bits per heavy atom. The average Bonchev–Trinajstić information content (AvgIpc) is 3.27. The van der Waals surface area contributed by atoms with Gasteiger partial charge in [0, 0.05) is 28.7 Å². The number of H-pyrrole nitrogens is 1. The van der Waals surface area contributed by atoms with Gasteiger partial charge in [-0.2, -0.15) is 0 Å². The molecular formula is C19H19N3O5S. The van der Waals surface area contributed by atoms with Crippen molar-refractivity contribution >= 4 is 46.1 Å². The molecule has 0 radical (unpaired) electrons. The quantitative estimate of drug-likeness (QED) is 0.440. The van der Waals surface area contributed by atoms with E-state index in [9.17, 15) is 14.4 Å². The number of anilines is 1. The fourth-order valence-corrected chi connectivity index (χ4v) is 3.20. The molecule has 0 aliphatic rings. The van der Waals surface area contributed by atoms with E-state index in [0.717, 1.165) is 22.7 Å². The Hall–Kier alpha value is -3.07. The third kappa shape index (κ3) is 4.80. The lowest BCUT2D eigenvalue weighted by atomic mass is 10.1. The van der Waals surface area contributed by atoms with Crippen LogP contribution in [0.3, 0.4) is 0 Å². The zero-order valence-electron chi connectivity index (χ0n) is 15.4. The number of para-hydroxylation sites is 1. The van der Waals surface area contributed by atoms with E-state index in [1.807, 2.05) is 24.3 Å². The maximum atomic E-state index is 12.6. The number of ether oxygens (including phenoxy) is 1. The first kappa shape index (κ1) is 19.7.